The summed E-state index contributed by atoms with van der Waals surface area (Å²) in [6.45, 7) is 0.393. The van der Waals surface area contributed by atoms with Crippen LogP contribution in [0.1, 0.15) is 11.1 Å². The second kappa shape index (κ2) is 7.24. The van der Waals surface area contributed by atoms with Crippen molar-refractivity contribution in [2.24, 2.45) is 0 Å². The molecule has 8 heteroatoms. The van der Waals surface area contributed by atoms with Crippen LogP contribution in [0.3, 0.4) is 0 Å². The van der Waals surface area contributed by atoms with Crippen LogP contribution in [0.2, 0.25) is 0 Å². The molecule has 7 nitrogen and oxygen atoms in total. The number of amidine groups is 1. The normalized spacial score (nSPS) is 14.0. The third kappa shape index (κ3) is 3.77. The highest BCUT2D eigenvalue weighted by atomic mass is 32.2. The molecule has 0 aliphatic carbocycles. The predicted octanol–water partition coefficient (Wildman–Crippen LogP) is 3.91. The molecule has 1 aromatic heterocycles. The maximum atomic E-state index is 12.3. The Morgan fingerprint density at radius 3 is 2.57 bits per heavy atom. The SMILES string of the molecule is N=C1c2ccoc2NCN1c1ccc(NS(=O)(=O)C=Cc2ccccc2)cc1. The number of hydrogen-bond acceptors (Lipinski definition) is 5. The van der Waals surface area contributed by atoms with E-state index in [0.717, 1.165) is 16.7 Å². The van der Waals surface area contributed by atoms with Gasteiger partial charge in [0, 0.05) is 11.4 Å². The molecule has 0 atom stereocenters. The van der Waals surface area contributed by atoms with Gasteiger partial charge in [-0.1, -0.05) is 30.3 Å². The number of rotatable bonds is 5. The molecule has 0 saturated carbocycles. The Hall–Kier alpha value is -3.52. The molecule has 0 saturated heterocycles. The van der Waals surface area contributed by atoms with Crippen LogP contribution in [0, 0.1) is 5.41 Å². The molecule has 1 aliphatic heterocycles. The van der Waals surface area contributed by atoms with Gasteiger partial charge >= 0.3 is 0 Å². The molecule has 0 spiro atoms. The zero-order chi connectivity index (χ0) is 19.6. The molecule has 3 aromatic rings. The summed E-state index contributed by atoms with van der Waals surface area (Å²) in [4.78, 5) is 1.77. The number of fused-ring (bicyclic) bond motifs is 1. The van der Waals surface area contributed by atoms with E-state index in [4.69, 9.17) is 9.83 Å². The molecular weight excluding hydrogens is 376 g/mol. The van der Waals surface area contributed by atoms with Crippen LogP contribution in [0.15, 0.2) is 76.8 Å². The molecule has 4 rings (SSSR count). The first kappa shape index (κ1) is 17.9. The second-order valence-electron chi connectivity index (χ2n) is 6.18. The Bertz CT molecular complexity index is 1120. The van der Waals surface area contributed by atoms with Crippen molar-refractivity contribution >= 4 is 39.2 Å². The van der Waals surface area contributed by atoms with Crippen molar-refractivity contribution in [1.82, 2.24) is 0 Å². The summed E-state index contributed by atoms with van der Waals surface area (Å²) in [5.74, 6) is 0.900. The van der Waals surface area contributed by atoms with Crippen molar-refractivity contribution in [3.8, 4) is 0 Å². The van der Waals surface area contributed by atoms with E-state index in [9.17, 15) is 8.42 Å². The van der Waals surface area contributed by atoms with Gasteiger partial charge in [0.15, 0.2) is 0 Å². The summed E-state index contributed by atoms with van der Waals surface area (Å²) in [5.41, 5.74) is 2.70. The molecule has 0 unspecified atom stereocenters. The number of nitrogens with zero attached hydrogens (tertiary/aromatic N) is 1. The number of hydrogen-bond donors (Lipinski definition) is 3. The van der Waals surface area contributed by atoms with Crippen molar-refractivity contribution in [2.45, 2.75) is 0 Å². The van der Waals surface area contributed by atoms with E-state index >= 15 is 0 Å². The van der Waals surface area contributed by atoms with Crippen molar-refractivity contribution in [1.29, 1.82) is 5.41 Å². The minimum absolute atomic E-state index is 0.321. The second-order valence-corrected chi connectivity index (χ2v) is 7.75. The molecule has 0 radical (unpaired) electrons. The first-order chi connectivity index (χ1) is 13.5. The summed E-state index contributed by atoms with van der Waals surface area (Å²) in [6, 6.07) is 17.8. The molecule has 2 heterocycles. The molecular formula is C20H18N4O3S. The lowest BCUT2D eigenvalue weighted by molar-refractivity contribution is 0.577. The Morgan fingerprint density at radius 1 is 1.07 bits per heavy atom. The van der Waals surface area contributed by atoms with Crippen LogP contribution < -0.4 is 14.9 Å². The first-order valence-electron chi connectivity index (χ1n) is 8.56. The minimum atomic E-state index is -3.62. The van der Waals surface area contributed by atoms with Gasteiger partial charge in [0.1, 0.15) is 5.84 Å². The van der Waals surface area contributed by atoms with Gasteiger partial charge in [-0.3, -0.25) is 10.1 Å². The van der Waals surface area contributed by atoms with Crippen LogP contribution in [0.25, 0.3) is 6.08 Å². The molecule has 0 bridgehead atoms. The topological polar surface area (TPSA) is 98.4 Å². The van der Waals surface area contributed by atoms with Gasteiger partial charge in [-0.2, -0.15) is 0 Å². The fourth-order valence-electron chi connectivity index (χ4n) is 2.87. The largest absolute Gasteiger partial charge is 0.448 e. The lowest BCUT2D eigenvalue weighted by atomic mass is 10.2. The number of furan rings is 1. The average Bonchev–Trinajstić information content (AvgIpc) is 3.18. The van der Waals surface area contributed by atoms with Gasteiger partial charge in [-0.15, -0.1) is 0 Å². The maximum Gasteiger partial charge on any atom is 0.255 e. The van der Waals surface area contributed by atoms with Crippen molar-refractivity contribution in [2.75, 3.05) is 21.6 Å². The quantitative estimate of drug-likeness (QED) is 0.609. The zero-order valence-electron chi connectivity index (χ0n) is 14.8. The van der Waals surface area contributed by atoms with Crippen molar-refractivity contribution < 1.29 is 12.8 Å². The van der Waals surface area contributed by atoms with E-state index in [0.29, 0.717) is 29.6 Å². The lowest BCUT2D eigenvalue weighted by Crippen LogP contribution is -2.39. The smallest absolute Gasteiger partial charge is 0.255 e. The van der Waals surface area contributed by atoms with Crippen molar-refractivity contribution in [3.05, 3.63) is 83.5 Å². The van der Waals surface area contributed by atoms with Gasteiger partial charge in [-0.05, 0) is 42.0 Å². The molecule has 142 valence electrons. The van der Waals surface area contributed by atoms with E-state index in [1.807, 2.05) is 30.3 Å². The average molecular weight is 394 g/mol. The lowest BCUT2D eigenvalue weighted by Gasteiger charge is -2.29. The van der Waals surface area contributed by atoms with Gasteiger partial charge in [-0.25, -0.2) is 8.42 Å². The molecule has 2 aromatic carbocycles. The number of sulfonamides is 1. The Balaban J connectivity index is 1.46. The predicted molar refractivity (Wildman–Crippen MR) is 111 cm³/mol. The standard InChI is InChI=1S/C20H18N4O3S/c21-19-18-10-12-27-20(18)22-14-24(19)17-8-6-16(7-9-17)23-28(25,26)13-11-15-4-2-1-3-5-15/h1-13,21-23H,14H2. The molecule has 0 amide bonds. The van der Waals surface area contributed by atoms with E-state index in [2.05, 4.69) is 10.0 Å². The zero-order valence-corrected chi connectivity index (χ0v) is 15.6. The minimum Gasteiger partial charge on any atom is -0.448 e. The Kier molecular flexibility index (Phi) is 4.62. The van der Waals surface area contributed by atoms with Gasteiger partial charge in [0.25, 0.3) is 10.0 Å². The summed E-state index contributed by atoms with van der Waals surface area (Å²) in [6.07, 6.45) is 3.08. The highest BCUT2D eigenvalue weighted by molar-refractivity contribution is 7.95. The monoisotopic (exact) mass is 394 g/mol. The van der Waals surface area contributed by atoms with E-state index < -0.39 is 10.0 Å². The van der Waals surface area contributed by atoms with Gasteiger partial charge < -0.3 is 14.6 Å². The maximum absolute atomic E-state index is 12.3. The molecule has 3 N–H and O–H groups in total. The van der Waals surface area contributed by atoms with E-state index in [1.165, 1.54) is 6.26 Å². The van der Waals surface area contributed by atoms with Crippen LogP contribution in [-0.4, -0.2) is 20.9 Å². The fourth-order valence-corrected chi connectivity index (χ4v) is 3.74. The van der Waals surface area contributed by atoms with Crippen LogP contribution in [0.5, 0.6) is 0 Å². The Morgan fingerprint density at radius 2 is 1.82 bits per heavy atom. The summed E-state index contributed by atoms with van der Waals surface area (Å²) < 4.78 is 32.3. The Labute approximate surface area is 162 Å². The van der Waals surface area contributed by atoms with Crippen LogP contribution in [0.4, 0.5) is 17.3 Å². The van der Waals surface area contributed by atoms with Crippen LogP contribution >= 0.6 is 0 Å². The number of anilines is 3. The third-order valence-electron chi connectivity index (χ3n) is 4.27. The molecule has 28 heavy (non-hydrogen) atoms. The molecule has 0 fully saturated rings. The highest BCUT2D eigenvalue weighted by Gasteiger charge is 2.24. The molecule has 1 aliphatic rings. The summed E-state index contributed by atoms with van der Waals surface area (Å²) in [5, 5.41) is 12.6. The number of benzene rings is 2. The number of nitrogens with one attached hydrogen (secondary N) is 3. The van der Waals surface area contributed by atoms with E-state index in [1.54, 1.807) is 41.3 Å². The highest BCUT2D eigenvalue weighted by Crippen LogP contribution is 2.27. The third-order valence-corrected chi connectivity index (χ3v) is 5.28. The van der Waals surface area contributed by atoms with Crippen LogP contribution in [-0.2, 0) is 10.0 Å². The van der Waals surface area contributed by atoms with Crippen molar-refractivity contribution in [3.63, 3.8) is 0 Å². The van der Waals surface area contributed by atoms with Gasteiger partial charge in [0.2, 0.25) is 5.88 Å². The summed E-state index contributed by atoms with van der Waals surface area (Å²) >= 11 is 0. The summed E-state index contributed by atoms with van der Waals surface area (Å²) in [7, 11) is -3.62. The van der Waals surface area contributed by atoms with Gasteiger partial charge in [0.05, 0.1) is 23.9 Å². The first-order valence-corrected chi connectivity index (χ1v) is 10.1. The fraction of sp³-hybridized carbons (Fsp3) is 0.0500. The van der Waals surface area contributed by atoms with E-state index in [-0.39, 0.29) is 0 Å².